The number of hydrogen-bond acceptors (Lipinski definition) is 0. The molecular formula is C26H56N+. The van der Waals surface area contributed by atoms with E-state index < -0.39 is 0 Å². The first-order valence-electron chi connectivity index (χ1n) is 12.6. The lowest BCUT2D eigenvalue weighted by Crippen LogP contribution is -2.48. The molecule has 0 aromatic rings. The molecule has 3 atom stereocenters. The summed E-state index contributed by atoms with van der Waals surface area (Å²) in [5.74, 6) is 3.64. The minimum Gasteiger partial charge on any atom is -0.324 e. The van der Waals surface area contributed by atoms with Crippen LogP contribution in [-0.4, -0.2) is 30.7 Å². The fraction of sp³-hybridized carbons (Fsp3) is 1.00. The summed E-state index contributed by atoms with van der Waals surface area (Å²) in [7, 11) is 0. The second-order valence-electron chi connectivity index (χ2n) is 10.3. The van der Waals surface area contributed by atoms with E-state index in [4.69, 9.17) is 0 Å². The lowest BCUT2D eigenvalue weighted by Gasteiger charge is -2.36. The van der Waals surface area contributed by atoms with Crippen molar-refractivity contribution in [2.45, 2.75) is 120 Å². The van der Waals surface area contributed by atoms with Gasteiger partial charge in [-0.05, 0) is 50.9 Å². The van der Waals surface area contributed by atoms with Gasteiger partial charge in [0.05, 0.1) is 26.2 Å². The molecule has 0 saturated heterocycles. The molecule has 0 unspecified atom stereocenters. The molecule has 0 radical (unpaired) electrons. The zero-order valence-corrected chi connectivity index (χ0v) is 20.7. The molecule has 0 saturated carbocycles. The van der Waals surface area contributed by atoms with Crippen LogP contribution in [0.5, 0.6) is 0 Å². The molecule has 1 heteroatoms. The van der Waals surface area contributed by atoms with E-state index in [-0.39, 0.29) is 0 Å². The first-order chi connectivity index (χ1) is 12.8. The topological polar surface area (TPSA) is 0 Å². The maximum Gasteiger partial charge on any atom is 0.0788 e. The summed E-state index contributed by atoms with van der Waals surface area (Å²) in [4.78, 5) is 0. The molecule has 0 N–H and O–H groups in total. The van der Waals surface area contributed by atoms with Crippen molar-refractivity contribution in [2.24, 2.45) is 23.7 Å². The minimum atomic E-state index is 0.876. The van der Waals surface area contributed by atoms with Crippen molar-refractivity contribution in [1.29, 1.82) is 0 Å². The highest BCUT2D eigenvalue weighted by atomic mass is 15.3. The maximum atomic E-state index is 2.49. The van der Waals surface area contributed by atoms with Gasteiger partial charge in [0.1, 0.15) is 0 Å². The second-order valence-corrected chi connectivity index (χ2v) is 10.3. The lowest BCUT2D eigenvalue weighted by atomic mass is 9.90. The molecule has 0 rings (SSSR count). The van der Waals surface area contributed by atoms with Gasteiger partial charge in [0.2, 0.25) is 0 Å². The predicted octanol–water partition coefficient (Wildman–Crippen LogP) is 8.33. The van der Waals surface area contributed by atoms with Gasteiger partial charge < -0.3 is 4.48 Å². The predicted molar refractivity (Wildman–Crippen MR) is 125 cm³/mol. The Morgan fingerprint density at radius 2 is 0.815 bits per heavy atom. The molecule has 1 nitrogen and oxygen atoms in total. The third-order valence-corrected chi connectivity index (χ3v) is 7.37. The molecule has 0 bridgehead atoms. The SMILES string of the molecule is CC[N+](CC)(CC)CC[C@H](C)CCC[C@H](C)CCC[C@H](C)CCCC(C)C. The first kappa shape index (κ1) is 27.0. The quantitative estimate of drug-likeness (QED) is 0.209. The van der Waals surface area contributed by atoms with Crippen molar-refractivity contribution >= 4 is 0 Å². The van der Waals surface area contributed by atoms with E-state index >= 15 is 0 Å². The van der Waals surface area contributed by atoms with Crippen molar-refractivity contribution < 1.29 is 4.48 Å². The number of hydrogen-bond donors (Lipinski definition) is 0. The van der Waals surface area contributed by atoms with Gasteiger partial charge >= 0.3 is 0 Å². The van der Waals surface area contributed by atoms with Gasteiger partial charge in [0.25, 0.3) is 0 Å². The molecule has 0 aromatic carbocycles. The van der Waals surface area contributed by atoms with E-state index in [9.17, 15) is 0 Å². The van der Waals surface area contributed by atoms with Crippen LogP contribution in [0.3, 0.4) is 0 Å². The Kier molecular flexibility index (Phi) is 15.8. The van der Waals surface area contributed by atoms with Crippen LogP contribution < -0.4 is 0 Å². The summed E-state index contributed by atoms with van der Waals surface area (Å²) < 4.78 is 1.32. The van der Waals surface area contributed by atoms with Gasteiger partial charge in [-0.1, -0.05) is 92.4 Å². The van der Waals surface area contributed by atoms with Crippen LogP contribution in [0.4, 0.5) is 0 Å². The Morgan fingerprint density at radius 3 is 1.15 bits per heavy atom. The monoisotopic (exact) mass is 382 g/mol. The van der Waals surface area contributed by atoms with E-state index in [0.29, 0.717) is 0 Å². The summed E-state index contributed by atoms with van der Waals surface area (Å²) >= 11 is 0. The Labute approximate surface area is 174 Å². The molecule has 0 aliphatic rings. The smallest absolute Gasteiger partial charge is 0.0788 e. The van der Waals surface area contributed by atoms with Crippen molar-refractivity contribution in [3.8, 4) is 0 Å². The minimum absolute atomic E-state index is 0.876. The van der Waals surface area contributed by atoms with Crippen molar-refractivity contribution in [2.75, 3.05) is 26.2 Å². The van der Waals surface area contributed by atoms with E-state index in [2.05, 4.69) is 55.4 Å². The molecule has 0 aliphatic carbocycles. The van der Waals surface area contributed by atoms with Gasteiger partial charge in [-0.2, -0.15) is 0 Å². The molecule has 0 aliphatic heterocycles. The molecule has 0 aromatic heterocycles. The summed E-state index contributed by atoms with van der Waals surface area (Å²) in [6, 6.07) is 0. The molecule has 27 heavy (non-hydrogen) atoms. The zero-order valence-electron chi connectivity index (χ0n) is 20.7. The van der Waals surface area contributed by atoms with Crippen molar-refractivity contribution in [1.82, 2.24) is 0 Å². The van der Waals surface area contributed by atoms with Crippen LogP contribution >= 0.6 is 0 Å². The summed E-state index contributed by atoms with van der Waals surface area (Å²) in [5.41, 5.74) is 0. The molecular weight excluding hydrogens is 326 g/mol. The first-order valence-corrected chi connectivity index (χ1v) is 12.6. The van der Waals surface area contributed by atoms with Crippen molar-refractivity contribution in [3.63, 3.8) is 0 Å². The fourth-order valence-electron chi connectivity index (χ4n) is 4.58. The largest absolute Gasteiger partial charge is 0.324 e. The molecule has 164 valence electrons. The van der Waals surface area contributed by atoms with E-state index in [1.807, 2.05) is 0 Å². The van der Waals surface area contributed by atoms with E-state index in [1.54, 1.807) is 0 Å². The van der Waals surface area contributed by atoms with Crippen LogP contribution in [0.1, 0.15) is 120 Å². The lowest BCUT2D eigenvalue weighted by molar-refractivity contribution is -0.923. The van der Waals surface area contributed by atoms with Crippen LogP contribution in [0, 0.1) is 23.7 Å². The average Bonchev–Trinajstić information content (AvgIpc) is 2.63. The van der Waals surface area contributed by atoms with Gasteiger partial charge in [-0.15, -0.1) is 0 Å². The normalized spacial score (nSPS) is 15.9. The molecule has 0 amide bonds. The highest BCUT2D eigenvalue weighted by Gasteiger charge is 2.21. The standard InChI is InChI=1S/C26H56N/c1-9-27(10-2,11-3)22-21-26(8)20-14-19-25(7)18-13-17-24(6)16-12-15-23(4)5/h23-26H,9-22H2,1-8H3/q+1/t24-,25-,26-/m1/s1. The zero-order chi connectivity index (χ0) is 20.7. The number of nitrogens with zero attached hydrogens (tertiary/aromatic N) is 1. The van der Waals surface area contributed by atoms with Gasteiger partial charge in [0, 0.05) is 0 Å². The molecule has 0 heterocycles. The van der Waals surface area contributed by atoms with Gasteiger partial charge in [-0.25, -0.2) is 0 Å². The third kappa shape index (κ3) is 13.7. The maximum absolute atomic E-state index is 2.49. The average molecular weight is 383 g/mol. The van der Waals surface area contributed by atoms with Crippen LogP contribution in [-0.2, 0) is 0 Å². The fourth-order valence-corrected chi connectivity index (χ4v) is 4.58. The Morgan fingerprint density at radius 1 is 0.481 bits per heavy atom. The highest BCUT2D eigenvalue weighted by molar-refractivity contribution is 4.61. The van der Waals surface area contributed by atoms with Crippen molar-refractivity contribution in [3.05, 3.63) is 0 Å². The third-order valence-electron chi connectivity index (χ3n) is 7.37. The second kappa shape index (κ2) is 15.8. The molecule has 0 spiro atoms. The Hall–Kier alpha value is -0.0400. The van der Waals surface area contributed by atoms with Crippen LogP contribution in [0.2, 0.25) is 0 Å². The number of quaternary nitrogens is 1. The Balaban J connectivity index is 3.76. The van der Waals surface area contributed by atoms with Gasteiger partial charge in [0.15, 0.2) is 0 Å². The summed E-state index contributed by atoms with van der Waals surface area (Å²) in [5, 5.41) is 0. The van der Waals surface area contributed by atoms with Crippen LogP contribution in [0.25, 0.3) is 0 Å². The van der Waals surface area contributed by atoms with Gasteiger partial charge in [-0.3, -0.25) is 0 Å². The highest BCUT2D eigenvalue weighted by Crippen LogP contribution is 2.23. The Bertz CT molecular complexity index is 310. The van der Waals surface area contributed by atoms with E-state index in [0.717, 1.165) is 23.7 Å². The van der Waals surface area contributed by atoms with E-state index in [1.165, 1.54) is 94.9 Å². The summed E-state index contributed by atoms with van der Waals surface area (Å²) in [6.07, 6.45) is 14.4. The summed E-state index contributed by atoms with van der Waals surface area (Å²) in [6.45, 7) is 24.5. The number of rotatable bonds is 18. The molecule has 0 fully saturated rings. The van der Waals surface area contributed by atoms with Crippen LogP contribution in [0.15, 0.2) is 0 Å².